The molecule has 104 valence electrons. The van der Waals surface area contributed by atoms with Gasteiger partial charge in [0.25, 0.3) is 0 Å². The van der Waals surface area contributed by atoms with Crippen molar-refractivity contribution in [3.63, 3.8) is 0 Å². The van der Waals surface area contributed by atoms with Crippen LogP contribution < -0.4 is 0 Å². The highest BCUT2D eigenvalue weighted by molar-refractivity contribution is 14.1. The number of ether oxygens (including phenoxy) is 2. The van der Waals surface area contributed by atoms with Crippen LogP contribution >= 0.6 is 22.6 Å². The molecular formula is C15H25IO2. The van der Waals surface area contributed by atoms with Crippen LogP contribution in [0, 0.1) is 5.92 Å². The quantitative estimate of drug-likeness (QED) is 0.425. The maximum absolute atomic E-state index is 6.16. The fourth-order valence-corrected chi connectivity index (χ4v) is 3.72. The Morgan fingerprint density at radius 1 is 1.28 bits per heavy atom. The lowest BCUT2D eigenvalue weighted by Crippen LogP contribution is -2.42. The first kappa shape index (κ1) is 14.8. The molecule has 3 heteroatoms. The largest absolute Gasteiger partial charge is 0.379 e. The highest BCUT2D eigenvalue weighted by Gasteiger charge is 2.37. The van der Waals surface area contributed by atoms with E-state index >= 15 is 0 Å². The van der Waals surface area contributed by atoms with Gasteiger partial charge in [-0.05, 0) is 44.4 Å². The summed E-state index contributed by atoms with van der Waals surface area (Å²) in [5.41, 5.74) is 0. The van der Waals surface area contributed by atoms with Gasteiger partial charge in [-0.15, -0.1) is 0 Å². The van der Waals surface area contributed by atoms with E-state index in [2.05, 4.69) is 41.7 Å². The number of methoxy groups -OCH3 is 1. The van der Waals surface area contributed by atoms with E-state index in [1.54, 1.807) is 0 Å². The molecule has 0 amide bonds. The van der Waals surface area contributed by atoms with Gasteiger partial charge in [-0.3, -0.25) is 0 Å². The van der Waals surface area contributed by atoms with Crippen LogP contribution in [-0.2, 0) is 9.47 Å². The lowest BCUT2D eigenvalue weighted by molar-refractivity contribution is -0.0892. The lowest BCUT2D eigenvalue weighted by atomic mass is 9.86. The molecule has 0 aliphatic heterocycles. The minimum atomic E-state index is 0.278. The van der Waals surface area contributed by atoms with Crippen molar-refractivity contribution in [3.05, 3.63) is 12.2 Å². The van der Waals surface area contributed by atoms with Gasteiger partial charge in [-0.25, -0.2) is 0 Å². The Kier molecular flexibility index (Phi) is 5.51. The van der Waals surface area contributed by atoms with E-state index in [0.29, 0.717) is 9.53 Å². The second kappa shape index (κ2) is 6.71. The van der Waals surface area contributed by atoms with Crippen molar-refractivity contribution >= 4 is 22.6 Å². The summed E-state index contributed by atoms with van der Waals surface area (Å²) in [6.45, 7) is 3.23. The van der Waals surface area contributed by atoms with Crippen molar-refractivity contribution in [2.45, 2.75) is 61.1 Å². The van der Waals surface area contributed by atoms with Gasteiger partial charge in [0.2, 0.25) is 0 Å². The first-order chi connectivity index (χ1) is 8.61. The summed E-state index contributed by atoms with van der Waals surface area (Å²) in [6.07, 6.45) is 12.4. The zero-order chi connectivity index (χ0) is 13.0. The lowest BCUT2D eigenvalue weighted by Gasteiger charge is -2.39. The van der Waals surface area contributed by atoms with E-state index in [1.165, 1.54) is 25.7 Å². The molecule has 0 N–H and O–H groups in total. The predicted molar refractivity (Wildman–Crippen MR) is 83.3 cm³/mol. The third-order valence-corrected chi connectivity index (χ3v) is 5.20. The summed E-state index contributed by atoms with van der Waals surface area (Å²) in [5, 5.41) is 0. The van der Waals surface area contributed by atoms with E-state index < -0.39 is 0 Å². The van der Waals surface area contributed by atoms with Crippen LogP contribution in [-0.4, -0.2) is 29.3 Å². The molecule has 1 fully saturated rings. The number of alkyl halides is 1. The Hall–Kier alpha value is 0.390. The summed E-state index contributed by atoms with van der Waals surface area (Å²) in [5.74, 6) is 0.723. The Balaban J connectivity index is 1.79. The molecular weight excluding hydrogens is 339 g/mol. The Morgan fingerprint density at radius 2 is 2.11 bits per heavy atom. The van der Waals surface area contributed by atoms with Gasteiger partial charge >= 0.3 is 0 Å². The fourth-order valence-electron chi connectivity index (χ4n) is 2.98. The maximum atomic E-state index is 6.16. The van der Waals surface area contributed by atoms with Crippen LogP contribution in [0.2, 0.25) is 0 Å². The third kappa shape index (κ3) is 4.20. The average Bonchev–Trinajstić information content (AvgIpc) is 2.37. The van der Waals surface area contributed by atoms with Crippen LogP contribution in [0.5, 0.6) is 0 Å². The number of halogens is 1. The van der Waals surface area contributed by atoms with E-state index in [1.807, 2.05) is 7.11 Å². The van der Waals surface area contributed by atoms with E-state index in [0.717, 1.165) is 25.4 Å². The zero-order valence-corrected chi connectivity index (χ0v) is 13.7. The molecule has 0 spiro atoms. The SMILES string of the molecule is COC1CC(C)(I)CCC1OCC1CC=CCC1. The Morgan fingerprint density at radius 3 is 2.78 bits per heavy atom. The first-order valence-electron chi connectivity index (χ1n) is 7.09. The van der Waals surface area contributed by atoms with Crippen molar-refractivity contribution in [2.75, 3.05) is 13.7 Å². The second-order valence-corrected chi connectivity index (χ2v) is 8.56. The Bertz CT molecular complexity index is 288. The van der Waals surface area contributed by atoms with E-state index in [9.17, 15) is 0 Å². The van der Waals surface area contributed by atoms with Crippen LogP contribution in [0.15, 0.2) is 12.2 Å². The summed E-state index contributed by atoms with van der Waals surface area (Å²) >= 11 is 2.57. The summed E-state index contributed by atoms with van der Waals surface area (Å²) in [6, 6.07) is 0. The molecule has 2 nitrogen and oxygen atoms in total. The zero-order valence-electron chi connectivity index (χ0n) is 11.5. The van der Waals surface area contributed by atoms with Crippen LogP contribution in [0.25, 0.3) is 0 Å². The molecule has 0 saturated heterocycles. The third-order valence-electron chi connectivity index (χ3n) is 4.22. The maximum Gasteiger partial charge on any atom is 0.0845 e. The van der Waals surface area contributed by atoms with Crippen LogP contribution in [0.1, 0.15) is 45.4 Å². The van der Waals surface area contributed by atoms with Gasteiger partial charge in [0.15, 0.2) is 0 Å². The predicted octanol–water partition coefficient (Wildman–Crippen LogP) is 4.12. The molecule has 4 unspecified atom stereocenters. The molecule has 0 aromatic carbocycles. The number of allylic oxidation sites excluding steroid dienone is 2. The van der Waals surface area contributed by atoms with Crippen molar-refractivity contribution in [2.24, 2.45) is 5.92 Å². The molecule has 4 atom stereocenters. The van der Waals surface area contributed by atoms with E-state index in [-0.39, 0.29) is 6.10 Å². The molecule has 2 aliphatic carbocycles. The Labute approximate surface area is 125 Å². The molecule has 2 rings (SSSR count). The van der Waals surface area contributed by atoms with Crippen molar-refractivity contribution in [1.29, 1.82) is 0 Å². The van der Waals surface area contributed by atoms with Crippen molar-refractivity contribution in [3.8, 4) is 0 Å². The number of hydrogen-bond acceptors (Lipinski definition) is 2. The number of hydrogen-bond donors (Lipinski definition) is 0. The minimum absolute atomic E-state index is 0.278. The molecule has 0 heterocycles. The van der Waals surface area contributed by atoms with Crippen molar-refractivity contribution < 1.29 is 9.47 Å². The smallest absolute Gasteiger partial charge is 0.0845 e. The van der Waals surface area contributed by atoms with Crippen molar-refractivity contribution in [1.82, 2.24) is 0 Å². The summed E-state index contributed by atoms with van der Waals surface area (Å²) in [4.78, 5) is 0. The monoisotopic (exact) mass is 364 g/mol. The van der Waals surface area contributed by atoms with Gasteiger partial charge in [-0.1, -0.05) is 41.7 Å². The van der Waals surface area contributed by atoms with E-state index in [4.69, 9.17) is 9.47 Å². The van der Waals surface area contributed by atoms with Gasteiger partial charge in [0.05, 0.1) is 18.8 Å². The van der Waals surface area contributed by atoms with Gasteiger partial charge in [0, 0.05) is 10.5 Å². The second-order valence-electron chi connectivity index (χ2n) is 5.95. The highest BCUT2D eigenvalue weighted by Crippen LogP contribution is 2.38. The highest BCUT2D eigenvalue weighted by atomic mass is 127. The molecule has 1 saturated carbocycles. The molecule has 0 radical (unpaired) electrons. The summed E-state index contributed by atoms with van der Waals surface area (Å²) < 4.78 is 12.2. The number of rotatable bonds is 4. The minimum Gasteiger partial charge on any atom is -0.379 e. The fraction of sp³-hybridized carbons (Fsp3) is 0.867. The molecule has 0 aromatic heterocycles. The topological polar surface area (TPSA) is 18.5 Å². The average molecular weight is 364 g/mol. The van der Waals surface area contributed by atoms with Crippen LogP contribution in [0.4, 0.5) is 0 Å². The van der Waals surface area contributed by atoms with Gasteiger partial charge in [0.1, 0.15) is 0 Å². The van der Waals surface area contributed by atoms with Crippen LogP contribution in [0.3, 0.4) is 0 Å². The molecule has 0 bridgehead atoms. The van der Waals surface area contributed by atoms with Gasteiger partial charge < -0.3 is 9.47 Å². The normalized spacial score (nSPS) is 40.9. The standard InChI is InChI=1S/C15H25IO2/c1-15(16)9-8-13(14(10-15)17-2)18-11-12-6-4-3-5-7-12/h3-4,12-14H,5-11H2,1-2H3. The van der Waals surface area contributed by atoms with Gasteiger partial charge in [-0.2, -0.15) is 0 Å². The molecule has 18 heavy (non-hydrogen) atoms. The molecule has 2 aliphatic rings. The summed E-state index contributed by atoms with van der Waals surface area (Å²) in [7, 11) is 1.82. The first-order valence-corrected chi connectivity index (χ1v) is 8.17. The molecule has 0 aromatic rings.